The van der Waals surface area contributed by atoms with Gasteiger partial charge in [-0.1, -0.05) is 0 Å². The highest BCUT2D eigenvalue weighted by molar-refractivity contribution is 5.57. The van der Waals surface area contributed by atoms with Crippen LogP contribution in [0.3, 0.4) is 0 Å². The van der Waals surface area contributed by atoms with Gasteiger partial charge in [-0.2, -0.15) is 0 Å². The molecule has 7 atom stereocenters. The molecule has 0 aromatic heterocycles. The van der Waals surface area contributed by atoms with Crippen molar-refractivity contribution in [2.45, 2.75) is 42.7 Å². The summed E-state index contributed by atoms with van der Waals surface area (Å²) in [5, 5.41) is 39.4. The summed E-state index contributed by atoms with van der Waals surface area (Å²) in [6, 6.07) is 8.94. The zero-order valence-electron chi connectivity index (χ0n) is 16.8. The summed E-state index contributed by atoms with van der Waals surface area (Å²) < 4.78 is 34.2. The second-order valence-electron chi connectivity index (χ2n) is 8.21. The van der Waals surface area contributed by atoms with Gasteiger partial charge in [0.25, 0.3) is 0 Å². The predicted molar refractivity (Wildman–Crippen MR) is 105 cm³/mol. The maximum Gasteiger partial charge on any atom is 0.231 e. The minimum absolute atomic E-state index is 0.00390. The monoisotopic (exact) mass is 446 g/mol. The number of hydrogen-bond donors (Lipinski definition) is 4. The number of rotatable bonds is 3. The minimum Gasteiger partial charge on any atom is -0.492 e. The Morgan fingerprint density at radius 1 is 0.844 bits per heavy atom. The summed E-state index contributed by atoms with van der Waals surface area (Å²) in [7, 11) is 0. The van der Waals surface area contributed by atoms with Crippen molar-refractivity contribution < 1.29 is 48.8 Å². The molecule has 4 heterocycles. The van der Waals surface area contributed by atoms with Gasteiger partial charge in [-0.05, 0) is 18.2 Å². The van der Waals surface area contributed by atoms with Crippen molar-refractivity contribution in [3.8, 4) is 28.7 Å². The number of aliphatic hydroxyl groups is 4. The number of aliphatic hydroxyl groups excluding tert-OH is 4. The molecule has 0 amide bonds. The van der Waals surface area contributed by atoms with E-state index in [0.29, 0.717) is 29.6 Å². The Kier molecular flexibility index (Phi) is 4.60. The van der Waals surface area contributed by atoms with Gasteiger partial charge in [0, 0.05) is 23.3 Å². The van der Waals surface area contributed by atoms with Crippen LogP contribution < -0.4 is 23.7 Å². The fourth-order valence-corrected chi connectivity index (χ4v) is 4.60. The van der Waals surface area contributed by atoms with Gasteiger partial charge in [-0.25, -0.2) is 0 Å². The average molecular weight is 446 g/mol. The zero-order valence-corrected chi connectivity index (χ0v) is 16.8. The van der Waals surface area contributed by atoms with E-state index in [0.717, 1.165) is 16.9 Å². The molecule has 1 fully saturated rings. The van der Waals surface area contributed by atoms with Crippen molar-refractivity contribution in [3.05, 3.63) is 41.5 Å². The first-order chi connectivity index (χ1) is 15.5. The Morgan fingerprint density at radius 3 is 2.47 bits per heavy atom. The van der Waals surface area contributed by atoms with Crippen LogP contribution in [0.15, 0.2) is 30.3 Å². The third-order valence-corrected chi connectivity index (χ3v) is 6.33. The summed E-state index contributed by atoms with van der Waals surface area (Å²) in [5.74, 6) is 3.00. The third kappa shape index (κ3) is 2.99. The normalized spacial score (nSPS) is 34.1. The maximum atomic E-state index is 10.2. The van der Waals surface area contributed by atoms with Crippen LogP contribution in [0.25, 0.3) is 0 Å². The summed E-state index contributed by atoms with van der Waals surface area (Å²) in [5.41, 5.74) is 1.85. The molecule has 32 heavy (non-hydrogen) atoms. The number of benzene rings is 2. The van der Waals surface area contributed by atoms with Crippen LogP contribution in [-0.4, -0.2) is 71.1 Å². The van der Waals surface area contributed by atoms with Crippen LogP contribution in [0.4, 0.5) is 0 Å². The summed E-state index contributed by atoms with van der Waals surface area (Å²) in [6.45, 7) is 0.0648. The van der Waals surface area contributed by atoms with Crippen molar-refractivity contribution in [3.63, 3.8) is 0 Å². The third-order valence-electron chi connectivity index (χ3n) is 6.33. The molecule has 2 aromatic rings. The lowest BCUT2D eigenvalue weighted by Crippen LogP contribution is -2.60. The first-order valence-corrected chi connectivity index (χ1v) is 10.4. The molecule has 0 spiro atoms. The molecule has 0 bridgehead atoms. The first-order valence-electron chi connectivity index (χ1n) is 10.4. The smallest absolute Gasteiger partial charge is 0.231 e. The van der Waals surface area contributed by atoms with E-state index in [9.17, 15) is 20.4 Å². The molecule has 10 heteroatoms. The van der Waals surface area contributed by atoms with Crippen LogP contribution in [0.2, 0.25) is 0 Å². The molecule has 4 aliphatic heterocycles. The molecule has 1 saturated heterocycles. The molecule has 2 aromatic carbocycles. The fourth-order valence-electron chi connectivity index (χ4n) is 4.60. The number of hydrogen-bond acceptors (Lipinski definition) is 10. The second-order valence-corrected chi connectivity index (χ2v) is 8.21. The van der Waals surface area contributed by atoms with Gasteiger partial charge in [0.05, 0.1) is 19.1 Å². The SMILES string of the molecule is OC[C@H]1O[C@H](Oc2ccc3c(c2)OCC2c4cc5c(cc4O[C@H]32)OCO5)[C@H](O)[C@H](O)[C@@H]1O. The van der Waals surface area contributed by atoms with E-state index in [4.69, 9.17) is 28.4 Å². The van der Waals surface area contributed by atoms with E-state index in [2.05, 4.69) is 0 Å². The van der Waals surface area contributed by atoms with Crippen molar-refractivity contribution in [2.24, 2.45) is 0 Å². The van der Waals surface area contributed by atoms with E-state index in [-0.39, 0.29) is 18.8 Å². The molecule has 0 aliphatic carbocycles. The van der Waals surface area contributed by atoms with Crippen molar-refractivity contribution in [1.29, 1.82) is 0 Å². The molecule has 0 radical (unpaired) electrons. The molecule has 4 N–H and O–H groups in total. The van der Waals surface area contributed by atoms with Crippen LogP contribution in [-0.2, 0) is 4.74 Å². The molecule has 0 saturated carbocycles. The summed E-state index contributed by atoms with van der Waals surface area (Å²) in [4.78, 5) is 0. The Balaban J connectivity index is 1.23. The van der Waals surface area contributed by atoms with Crippen LogP contribution in [0.1, 0.15) is 23.1 Å². The summed E-state index contributed by atoms with van der Waals surface area (Å²) in [6.07, 6.45) is -7.01. The maximum absolute atomic E-state index is 10.2. The van der Waals surface area contributed by atoms with Gasteiger partial charge in [-0.15, -0.1) is 0 Å². The van der Waals surface area contributed by atoms with Gasteiger partial charge in [0.2, 0.25) is 13.1 Å². The van der Waals surface area contributed by atoms with Crippen LogP contribution in [0, 0.1) is 0 Å². The van der Waals surface area contributed by atoms with Crippen molar-refractivity contribution in [1.82, 2.24) is 0 Å². The van der Waals surface area contributed by atoms with Gasteiger partial charge in [0.15, 0.2) is 11.5 Å². The molecule has 4 aliphatic rings. The van der Waals surface area contributed by atoms with Gasteiger partial charge in [-0.3, -0.25) is 0 Å². The van der Waals surface area contributed by atoms with E-state index < -0.39 is 37.3 Å². The minimum atomic E-state index is -1.51. The molecular weight excluding hydrogens is 424 g/mol. The van der Waals surface area contributed by atoms with Gasteiger partial charge < -0.3 is 48.8 Å². The Labute approximate surface area is 182 Å². The summed E-state index contributed by atoms with van der Waals surface area (Å²) >= 11 is 0. The predicted octanol–water partition coefficient (Wildman–Crippen LogP) is 0.204. The van der Waals surface area contributed by atoms with Gasteiger partial charge in [0.1, 0.15) is 47.8 Å². The molecule has 10 nitrogen and oxygen atoms in total. The standard InChI is InChI=1S/C22H22O10/c23-6-17-18(24)19(25)20(26)22(32-17)30-9-1-2-10-13(3-9)27-7-12-11-4-15-16(29-8-28-15)5-14(11)31-21(10)12/h1-5,12,17-26H,6-8H2/t12?,17-,18-,19-,20-,21-,22+/m1/s1. The zero-order chi connectivity index (χ0) is 22.0. The molecule has 1 unspecified atom stereocenters. The lowest BCUT2D eigenvalue weighted by molar-refractivity contribution is -0.277. The lowest BCUT2D eigenvalue weighted by atomic mass is 9.89. The topological polar surface area (TPSA) is 136 Å². The largest absolute Gasteiger partial charge is 0.492 e. The average Bonchev–Trinajstić information content (AvgIpc) is 3.41. The quantitative estimate of drug-likeness (QED) is 0.518. The lowest BCUT2D eigenvalue weighted by Gasteiger charge is -2.39. The van der Waals surface area contributed by atoms with E-state index >= 15 is 0 Å². The van der Waals surface area contributed by atoms with Gasteiger partial charge >= 0.3 is 0 Å². The Morgan fingerprint density at radius 2 is 1.66 bits per heavy atom. The van der Waals surface area contributed by atoms with Crippen molar-refractivity contribution >= 4 is 0 Å². The second kappa shape index (κ2) is 7.39. The molecule has 170 valence electrons. The molecular formula is C22H22O10. The fraction of sp³-hybridized carbons (Fsp3) is 0.455. The number of ether oxygens (including phenoxy) is 6. The first kappa shape index (κ1) is 19.9. The highest BCUT2D eigenvalue weighted by Gasteiger charge is 2.45. The highest BCUT2D eigenvalue weighted by atomic mass is 16.7. The van der Waals surface area contributed by atoms with E-state index in [1.165, 1.54) is 0 Å². The number of fused-ring (bicyclic) bond motifs is 6. The van der Waals surface area contributed by atoms with E-state index in [1.54, 1.807) is 12.1 Å². The van der Waals surface area contributed by atoms with Crippen molar-refractivity contribution in [2.75, 3.05) is 20.0 Å². The van der Waals surface area contributed by atoms with E-state index in [1.807, 2.05) is 18.2 Å². The molecule has 6 rings (SSSR count). The van der Waals surface area contributed by atoms with Crippen LogP contribution in [0.5, 0.6) is 28.7 Å². The highest BCUT2D eigenvalue weighted by Crippen LogP contribution is 2.54. The Hall–Kier alpha value is -2.76. The Bertz CT molecular complexity index is 1040. The van der Waals surface area contributed by atoms with Crippen LogP contribution >= 0.6 is 0 Å².